The number of benzene rings is 1. The number of piperazine rings is 1. The highest BCUT2D eigenvalue weighted by molar-refractivity contribution is 7.80. The van der Waals surface area contributed by atoms with Gasteiger partial charge in [0.1, 0.15) is 0 Å². The van der Waals surface area contributed by atoms with Gasteiger partial charge in [-0.1, -0.05) is 29.8 Å². The largest absolute Gasteiger partial charge is 0.358 e. The molecule has 1 saturated heterocycles. The van der Waals surface area contributed by atoms with E-state index in [2.05, 4.69) is 71.4 Å². The molecule has 0 saturated carbocycles. The minimum absolute atomic E-state index is 0.744. The summed E-state index contributed by atoms with van der Waals surface area (Å²) in [5.41, 5.74) is 4.99. The fourth-order valence-corrected chi connectivity index (χ4v) is 3.49. The smallest absolute Gasteiger partial charge is 0.169 e. The lowest BCUT2D eigenvalue weighted by molar-refractivity contribution is 0.174. The summed E-state index contributed by atoms with van der Waals surface area (Å²) in [4.78, 5) is 4.78. The van der Waals surface area contributed by atoms with Gasteiger partial charge < -0.3 is 10.2 Å². The van der Waals surface area contributed by atoms with Crippen LogP contribution in [0.4, 0.5) is 0 Å². The molecular weight excluding hydrogens is 342 g/mol. The van der Waals surface area contributed by atoms with Gasteiger partial charge in [0.2, 0.25) is 0 Å². The first-order valence-corrected chi connectivity index (χ1v) is 9.79. The molecular formula is C20H29N5S. The van der Waals surface area contributed by atoms with Gasteiger partial charge >= 0.3 is 0 Å². The highest BCUT2D eigenvalue weighted by atomic mass is 32.1. The molecule has 1 aromatic heterocycles. The number of nitrogens with one attached hydrogen (secondary N) is 1. The quantitative estimate of drug-likeness (QED) is 0.818. The summed E-state index contributed by atoms with van der Waals surface area (Å²) in [5, 5.41) is 8.74. The van der Waals surface area contributed by atoms with Gasteiger partial charge in [0, 0.05) is 57.6 Å². The zero-order valence-corrected chi connectivity index (χ0v) is 16.9. The second kappa shape index (κ2) is 8.64. The maximum absolute atomic E-state index is 5.60. The lowest BCUT2D eigenvalue weighted by Crippen LogP contribution is -2.51. The van der Waals surface area contributed by atoms with Crippen molar-refractivity contribution in [3.05, 3.63) is 52.8 Å². The van der Waals surface area contributed by atoms with E-state index < -0.39 is 0 Å². The van der Waals surface area contributed by atoms with Crippen molar-refractivity contribution in [3.63, 3.8) is 0 Å². The molecule has 140 valence electrons. The summed E-state index contributed by atoms with van der Waals surface area (Å²) >= 11 is 5.60. The Morgan fingerprint density at radius 3 is 2.42 bits per heavy atom. The van der Waals surface area contributed by atoms with E-state index in [0.29, 0.717) is 0 Å². The first-order chi connectivity index (χ1) is 12.5. The molecule has 0 aliphatic carbocycles. The molecule has 0 amide bonds. The number of rotatable bonds is 5. The normalized spacial score (nSPS) is 15.3. The van der Waals surface area contributed by atoms with Crippen LogP contribution < -0.4 is 5.32 Å². The first-order valence-electron chi connectivity index (χ1n) is 9.38. The topological polar surface area (TPSA) is 36.3 Å². The second-order valence-corrected chi connectivity index (χ2v) is 7.39. The van der Waals surface area contributed by atoms with Crippen molar-refractivity contribution < 1.29 is 0 Å². The Labute approximate surface area is 162 Å². The Kier molecular flexibility index (Phi) is 6.27. The summed E-state index contributed by atoms with van der Waals surface area (Å²) in [7, 11) is 0. The van der Waals surface area contributed by atoms with Crippen LogP contribution >= 0.6 is 12.2 Å². The minimum Gasteiger partial charge on any atom is -0.358 e. The summed E-state index contributed by atoms with van der Waals surface area (Å²) < 4.78 is 1.97. The van der Waals surface area contributed by atoms with Gasteiger partial charge in [0.05, 0.1) is 5.69 Å². The molecule has 1 aliphatic heterocycles. The monoisotopic (exact) mass is 371 g/mol. The Balaban J connectivity index is 1.44. The highest BCUT2D eigenvalue weighted by Crippen LogP contribution is 2.11. The van der Waals surface area contributed by atoms with E-state index in [9.17, 15) is 0 Å². The molecule has 2 heterocycles. The molecule has 1 N–H and O–H groups in total. The van der Waals surface area contributed by atoms with Crippen LogP contribution in [0.3, 0.4) is 0 Å². The fourth-order valence-electron chi connectivity index (χ4n) is 3.24. The molecule has 26 heavy (non-hydrogen) atoms. The van der Waals surface area contributed by atoms with Gasteiger partial charge in [-0.15, -0.1) is 0 Å². The predicted octanol–water partition coefficient (Wildman–Crippen LogP) is 2.71. The van der Waals surface area contributed by atoms with Crippen molar-refractivity contribution in [2.24, 2.45) is 0 Å². The third-order valence-corrected chi connectivity index (χ3v) is 5.39. The Bertz CT molecular complexity index is 729. The number of aromatic nitrogens is 2. The number of nitrogens with zero attached hydrogens (tertiary/aromatic N) is 4. The van der Waals surface area contributed by atoms with Crippen molar-refractivity contribution in [1.82, 2.24) is 24.9 Å². The van der Waals surface area contributed by atoms with Gasteiger partial charge in [0.15, 0.2) is 5.11 Å². The number of thiocarbonyl (C=S) groups is 1. The van der Waals surface area contributed by atoms with Gasteiger partial charge in [-0.05, 0) is 38.6 Å². The van der Waals surface area contributed by atoms with E-state index >= 15 is 0 Å². The standard InChI is InChI=1S/C20H29N5S/c1-4-25-15-19(17(3)22-25)13-21-20(26)24-11-9-23(10-12-24)14-18-7-5-16(2)6-8-18/h5-8,15H,4,9-14H2,1-3H3,(H,21,26). The average Bonchev–Trinajstić information content (AvgIpc) is 3.02. The summed E-state index contributed by atoms with van der Waals surface area (Å²) in [6.45, 7) is 13.0. The molecule has 0 bridgehead atoms. The van der Waals surface area contributed by atoms with Crippen LogP contribution in [0.25, 0.3) is 0 Å². The molecule has 3 rings (SSSR count). The zero-order valence-electron chi connectivity index (χ0n) is 16.0. The molecule has 0 unspecified atom stereocenters. The third-order valence-electron chi connectivity index (χ3n) is 4.99. The molecule has 2 aromatic rings. The van der Waals surface area contributed by atoms with Crippen LogP contribution in [0.5, 0.6) is 0 Å². The van der Waals surface area contributed by atoms with Crippen molar-refractivity contribution in [2.45, 2.75) is 40.4 Å². The second-order valence-electron chi connectivity index (χ2n) is 7.00. The van der Waals surface area contributed by atoms with Crippen molar-refractivity contribution >= 4 is 17.3 Å². The maximum Gasteiger partial charge on any atom is 0.169 e. The summed E-state index contributed by atoms with van der Waals surface area (Å²) in [5.74, 6) is 0. The van der Waals surface area contributed by atoms with Gasteiger partial charge in [0.25, 0.3) is 0 Å². The van der Waals surface area contributed by atoms with E-state index in [1.54, 1.807) is 0 Å². The van der Waals surface area contributed by atoms with Crippen LogP contribution in [-0.2, 0) is 19.6 Å². The van der Waals surface area contributed by atoms with Gasteiger partial charge in [-0.25, -0.2) is 0 Å². The lowest BCUT2D eigenvalue weighted by Gasteiger charge is -2.36. The van der Waals surface area contributed by atoms with E-state index in [-0.39, 0.29) is 0 Å². The van der Waals surface area contributed by atoms with Crippen LogP contribution in [0.2, 0.25) is 0 Å². The van der Waals surface area contributed by atoms with Crippen LogP contribution in [0.15, 0.2) is 30.5 Å². The summed E-state index contributed by atoms with van der Waals surface area (Å²) in [6, 6.07) is 8.83. The Morgan fingerprint density at radius 1 is 1.12 bits per heavy atom. The van der Waals surface area contributed by atoms with Gasteiger partial charge in [-0.2, -0.15) is 5.10 Å². The first kappa shape index (κ1) is 18.9. The molecule has 0 spiro atoms. The zero-order chi connectivity index (χ0) is 18.5. The van der Waals surface area contributed by atoms with Crippen molar-refractivity contribution in [3.8, 4) is 0 Å². The minimum atomic E-state index is 0.744. The maximum atomic E-state index is 5.60. The van der Waals surface area contributed by atoms with Crippen LogP contribution in [0, 0.1) is 13.8 Å². The molecule has 0 atom stereocenters. The van der Waals surface area contributed by atoms with E-state index in [0.717, 1.165) is 56.6 Å². The number of hydrogen-bond acceptors (Lipinski definition) is 3. The number of hydrogen-bond donors (Lipinski definition) is 1. The SMILES string of the molecule is CCn1cc(CNC(=S)N2CCN(Cc3ccc(C)cc3)CC2)c(C)n1. The van der Waals surface area contributed by atoms with E-state index in [1.807, 2.05) is 4.68 Å². The molecule has 1 aliphatic rings. The summed E-state index contributed by atoms with van der Waals surface area (Å²) in [6.07, 6.45) is 2.10. The van der Waals surface area contributed by atoms with Gasteiger partial charge in [-0.3, -0.25) is 9.58 Å². The van der Waals surface area contributed by atoms with E-state index in [4.69, 9.17) is 12.2 Å². The highest BCUT2D eigenvalue weighted by Gasteiger charge is 2.19. The van der Waals surface area contributed by atoms with Crippen LogP contribution in [-0.4, -0.2) is 50.9 Å². The average molecular weight is 372 g/mol. The van der Waals surface area contributed by atoms with Crippen molar-refractivity contribution in [2.75, 3.05) is 26.2 Å². The Hall–Kier alpha value is -1.92. The van der Waals surface area contributed by atoms with E-state index in [1.165, 1.54) is 16.7 Å². The predicted molar refractivity (Wildman–Crippen MR) is 110 cm³/mol. The molecule has 1 aromatic carbocycles. The fraction of sp³-hybridized carbons (Fsp3) is 0.500. The lowest BCUT2D eigenvalue weighted by atomic mass is 10.1. The molecule has 5 nitrogen and oxygen atoms in total. The van der Waals surface area contributed by atoms with Crippen molar-refractivity contribution in [1.29, 1.82) is 0 Å². The molecule has 1 fully saturated rings. The number of aryl methyl sites for hydroxylation is 3. The Morgan fingerprint density at radius 2 is 1.81 bits per heavy atom. The molecule has 6 heteroatoms. The third kappa shape index (κ3) is 4.83. The van der Waals surface area contributed by atoms with Crippen LogP contribution in [0.1, 0.15) is 29.3 Å². The molecule has 0 radical (unpaired) electrons.